The molecule has 0 amide bonds. The lowest BCUT2D eigenvalue weighted by molar-refractivity contribution is 0.0863. The summed E-state index contributed by atoms with van der Waals surface area (Å²) in [5.74, 6) is 1.82. The van der Waals surface area contributed by atoms with Crippen molar-refractivity contribution in [2.75, 3.05) is 18.5 Å². The minimum absolute atomic E-state index is 0.0816. The Kier molecular flexibility index (Phi) is 3.27. The predicted octanol–water partition coefficient (Wildman–Crippen LogP) is 2.44. The van der Waals surface area contributed by atoms with Crippen LogP contribution in [0.4, 0.5) is 6.01 Å². The predicted molar refractivity (Wildman–Crippen MR) is 80.4 cm³/mol. The average molecular weight is 299 g/mol. The maximum atomic E-state index is 5.78. The van der Waals surface area contributed by atoms with E-state index in [1.165, 1.54) is 0 Å². The number of aromatic nitrogens is 4. The summed E-state index contributed by atoms with van der Waals surface area (Å²) >= 11 is 0. The molecular formula is C15H17N5O2. The molecule has 7 heteroatoms. The third kappa shape index (κ3) is 2.43. The first-order valence-electron chi connectivity index (χ1n) is 7.39. The standard InChI is InChI=1S/C15H17N5O2/c1-9-17-14(20-19-9)13-10(6-7-21-13)8-16-15-18-11-4-2-3-5-12(11)22-15/h2-5,10,13H,6-8H2,1H3,(H,16,18)(H,17,19,20)/t10-,13-/m0/s1. The van der Waals surface area contributed by atoms with Gasteiger partial charge < -0.3 is 14.5 Å². The first kappa shape index (κ1) is 13.3. The molecule has 114 valence electrons. The number of ether oxygens (including phenoxy) is 1. The second kappa shape index (κ2) is 5.42. The molecule has 3 heterocycles. The molecule has 22 heavy (non-hydrogen) atoms. The molecule has 3 aromatic rings. The number of aromatic amines is 1. The highest BCUT2D eigenvalue weighted by atomic mass is 16.5. The molecule has 1 saturated heterocycles. The zero-order valence-corrected chi connectivity index (χ0v) is 12.2. The normalized spacial score (nSPS) is 21.5. The van der Waals surface area contributed by atoms with Gasteiger partial charge in [-0.05, 0) is 25.5 Å². The Bertz CT molecular complexity index is 748. The largest absolute Gasteiger partial charge is 0.424 e. The summed E-state index contributed by atoms with van der Waals surface area (Å²) in [5, 5.41) is 10.3. The number of oxazole rings is 1. The first-order valence-corrected chi connectivity index (χ1v) is 7.39. The van der Waals surface area contributed by atoms with Crippen LogP contribution in [0.15, 0.2) is 28.7 Å². The molecule has 2 atom stereocenters. The van der Waals surface area contributed by atoms with Crippen molar-refractivity contribution in [3.8, 4) is 0 Å². The molecule has 7 nitrogen and oxygen atoms in total. The van der Waals surface area contributed by atoms with E-state index in [2.05, 4.69) is 25.5 Å². The zero-order valence-electron chi connectivity index (χ0n) is 12.2. The molecule has 1 aliphatic heterocycles. The molecule has 0 saturated carbocycles. The molecule has 0 unspecified atom stereocenters. The molecule has 0 radical (unpaired) electrons. The molecule has 1 fully saturated rings. The van der Waals surface area contributed by atoms with Gasteiger partial charge >= 0.3 is 0 Å². The van der Waals surface area contributed by atoms with Gasteiger partial charge in [0, 0.05) is 19.1 Å². The molecule has 1 aromatic carbocycles. The second-order valence-electron chi connectivity index (χ2n) is 5.49. The van der Waals surface area contributed by atoms with Gasteiger partial charge in [0.15, 0.2) is 11.4 Å². The van der Waals surface area contributed by atoms with E-state index in [1.807, 2.05) is 31.2 Å². The van der Waals surface area contributed by atoms with Crippen molar-refractivity contribution >= 4 is 17.1 Å². The monoisotopic (exact) mass is 299 g/mol. The van der Waals surface area contributed by atoms with E-state index in [1.54, 1.807) is 0 Å². The van der Waals surface area contributed by atoms with E-state index in [0.29, 0.717) is 18.5 Å². The fourth-order valence-corrected chi connectivity index (χ4v) is 2.78. The van der Waals surface area contributed by atoms with Crippen molar-refractivity contribution in [1.82, 2.24) is 20.2 Å². The summed E-state index contributed by atoms with van der Waals surface area (Å²) in [6.07, 6.45) is 0.882. The van der Waals surface area contributed by atoms with E-state index in [0.717, 1.165) is 35.8 Å². The minimum atomic E-state index is -0.0816. The molecule has 4 rings (SSSR count). The molecule has 2 aromatic heterocycles. The highest BCUT2D eigenvalue weighted by Gasteiger charge is 2.32. The number of para-hydroxylation sites is 2. The number of hydrogen-bond donors (Lipinski definition) is 2. The summed E-state index contributed by atoms with van der Waals surface area (Å²) < 4.78 is 11.4. The molecule has 0 aliphatic carbocycles. The van der Waals surface area contributed by atoms with Crippen LogP contribution in [-0.4, -0.2) is 33.3 Å². The second-order valence-corrected chi connectivity index (χ2v) is 5.49. The highest BCUT2D eigenvalue weighted by molar-refractivity contribution is 5.74. The van der Waals surface area contributed by atoms with Gasteiger partial charge in [-0.3, -0.25) is 5.10 Å². The van der Waals surface area contributed by atoms with Gasteiger partial charge in [-0.1, -0.05) is 12.1 Å². The third-order valence-electron chi connectivity index (χ3n) is 3.89. The van der Waals surface area contributed by atoms with Crippen LogP contribution in [0.5, 0.6) is 0 Å². The molecule has 2 N–H and O–H groups in total. The Morgan fingerprint density at radius 2 is 2.23 bits per heavy atom. The van der Waals surface area contributed by atoms with Crippen LogP contribution < -0.4 is 5.32 Å². The molecular weight excluding hydrogens is 282 g/mol. The van der Waals surface area contributed by atoms with Gasteiger partial charge in [-0.25, -0.2) is 4.98 Å². The lowest BCUT2D eigenvalue weighted by atomic mass is 10.0. The number of H-pyrrole nitrogens is 1. The van der Waals surface area contributed by atoms with Gasteiger partial charge in [0.2, 0.25) is 0 Å². The maximum absolute atomic E-state index is 5.78. The summed E-state index contributed by atoms with van der Waals surface area (Å²) in [7, 11) is 0. The van der Waals surface area contributed by atoms with Crippen molar-refractivity contribution in [2.45, 2.75) is 19.4 Å². The summed E-state index contributed by atoms with van der Waals surface area (Å²) in [4.78, 5) is 8.79. The van der Waals surface area contributed by atoms with Crippen LogP contribution in [0.1, 0.15) is 24.2 Å². The van der Waals surface area contributed by atoms with Crippen molar-refractivity contribution in [3.63, 3.8) is 0 Å². The number of nitrogens with one attached hydrogen (secondary N) is 2. The zero-order chi connectivity index (χ0) is 14.9. The van der Waals surface area contributed by atoms with Crippen LogP contribution in [-0.2, 0) is 4.74 Å². The average Bonchev–Trinajstić information content (AvgIpc) is 3.23. The number of aryl methyl sites for hydroxylation is 1. The van der Waals surface area contributed by atoms with Crippen molar-refractivity contribution in [1.29, 1.82) is 0 Å². The van der Waals surface area contributed by atoms with Crippen molar-refractivity contribution in [3.05, 3.63) is 35.9 Å². The van der Waals surface area contributed by atoms with Crippen molar-refractivity contribution in [2.24, 2.45) is 5.92 Å². The van der Waals surface area contributed by atoms with Crippen LogP contribution in [0.25, 0.3) is 11.1 Å². The van der Waals surface area contributed by atoms with E-state index in [4.69, 9.17) is 9.15 Å². The van der Waals surface area contributed by atoms with Crippen LogP contribution in [0.2, 0.25) is 0 Å². The van der Waals surface area contributed by atoms with Crippen LogP contribution in [0.3, 0.4) is 0 Å². The van der Waals surface area contributed by atoms with Gasteiger partial charge in [-0.15, -0.1) is 0 Å². The Labute approximate surface area is 127 Å². The fourth-order valence-electron chi connectivity index (χ4n) is 2.78. The fraction of sp³-hybridized carbons (Fsp3) is 0.400. The van der Waals surface area contributed by atoms with Gasteiger partial charge in [0.1, 0.15) is 17.4 Å². The maximum Gasteiger partial charge on any atom is 0.295 e. The van der Waals surface area contributed by atoms with Crippen LogP contribution in [0, 0.1) is 12.8 Å². The van der Waals surface area contributed by atoms with E-state index in [9.17, 15) is 0 Å². The Morgan fingerprint density at radius 1 is 1.32 bits per heavy atom. The Hall–Kier alpha value is -2.41. The summed E-state index contributed by atoms with van der Waals surface area (Å²) in [5.41, 5.74) is 1.64. The Morgan fingerprint density at radius 3 is 3.05 bits per heavy atom. The minimum Gasteiger partial charge on any atom is -0.424 e. The number of rotatable bonds is 4. The van der Waals surface area contributed by atoms with Gasteiger partial charge in [0.05, 0.1) is 0 Å². The topological polar surface area (TPSA) is 88.9 Å². The summed E-state index contributed by atoms with van der Waals surface area (Å²) in [6, 6.07) is 8.26. The first-order chi connectivity index (χ1) is 10.8. The molecule has 0 spiro atoms. The Balaban J connectivity index is 1.46. The number of hydrogen-bond acceptors (Lipinski definition) is 6. The van der Waals surface area contributed by atoms with Gasteiger partial charge in [-0.2, -0.15) is 10.1 Å². The highest BCUT2D eigenvalue weighted by Crippen LogP contribution is 2.33. The number of fused-ring (bicyclic) bond motifs is 1. The molecule has 0 bridgehead atoms. The third-order valence-corrected chi connectivity index (χ3v) is 3.89. The lowest BCUT2D eigenvalue weighted by Crippen LogP contribution is -2.19. The molecule has 1 aliphatic rings. The lowest BCUT2D eigenvalue weighted by Gasteiger charge is -2.15. The number of benzene rings is 1. The van der Waals surface area contributed by atoms with E-state index < -0.39 is 0 Å². The van der Waals surface area contributed by atoms with Gasteiger partial charge in [0.25, 0.3) is 6.01 Å². The van der Waals surface area contributed by atoms with Crippen LogP contribution >= 0.6 is 0 Å². The van der Waals surface area contributed by atoms with E-state index in [-0.39, 0.29) is 6.10 Å². The number of anilines is 1. The SMILES string of the molecule is Cc1nc([C@H]2OCC[C@H]2CNc2nc3ccccc3o2)n[nH]1. The van der Waals surface area contributed by atoms with E-state index >= 15 is 0 Å². The quantitative estimate of drug-likeness (QED) is 0.769. The number of nitrogens with zero attached hydrogens (tertiary/aromatic N) is 3. The van der Waals surface area contributed by atoms with Crippen molar-refractivity contribution < 1.29 is 9.15 Å². The smallest absolute Gasteiger partial charge is 0.295 e. The summed E-state index contributed by atoms with van der Waals surface area (Å²) in [6.45, 7) is 3.32.